The van der Waals surface area contributed by atoms with Crippen molar-refractivity contribution in [1.82, 2.24) is 9.29 Å². The minimum atomic E-state index is -3.68. The maximum Gasteiger partial charge on any atom is 0.254 e. The molecule has 1 N–H and O–H groups in total. The summed E-state index contributed by atoms with van der Waals surface area (Å²) in [5.41, 5.74) is 1.56. The predicted octanol–water partition coefficient (Wildman–Crippen LogP) is 4.33. The molecule has 1 aliphatic rings. The van der Waals surface area contributed by atoms with E-state index in [4.69, 9.17) is 0 Å². The fraction of sp³-hybridized carbons (Fsp3) is 0.320. The van der Waals surface area contributed by atoms with Gasteiger partial charge in [-0.25, -0.2) is 21.9 Å². The maximum absolute atomic E-state index is 15.6. The molecule has 0 saturated carbocycles. The molecular formula is C25H26F2N2O3S. The molecule has 0 fully saturated rings. The van der Waals surface area contributed by atoms with Crippen LogP contribution in [0.4, 0.5) is 8.78 Å². The first-order chi connectivity index (χ1) is 15.7. The second-order valence-corrected chi connectivity index (χ2v) is 10.2. The highest BCUT2D eigenvalue weighted by Crippen LogP contribution is 2.40. The van der Waals surface area contributed by atoms with E-state index in [-0.39, 0.29) is 29.5 Å². The van der Waals surface area contributed by atoms with Crippen molar-refractivity contribution in [2.45, 2.75) is 44.4 Å². The summed E-state index contributed by atoms with van der Waals surface area (Å²) in [6.45, 7) is 2.19. The zero-order chi connectivity index (χ0) is 23.8. The summed E-state index contributed by atoms with van der Waals surface area (Å²) in [6, 6.07) is 14.8. The summed E-state index contributed by atoms with van der Waals surface area (Å²) in [4.78, 5) is 13.2. The lowest BCUT2D eigenvalue weighted by molar-refractivity contribution is 0.252. The number of nitrogens with one attached hydrogen (secondary N) is 1. The molecule has 3 unspecified atom stereocenters. The van der Waals surface area contributed by atoms with Crippen LogP contribution in [0.1, 0.15) is 42.1 Å². The van der Waals surface area contributed by atoms with E-state index >= 15 is 8.78 Å². The molecule has 3 aromatic rings. The quantitative estimate of drug-likeness (QED) is 0.581. The Hall–Kier alpha value is -2.84. The normalized spacial score (nSPS) is 20.4. The summed E-state index contributed by atoms with van der Waals surface area (Å²) in [6.07, 6.45) is 0.989. The highest BCUT2D eigenvalue weighted by molar-refractivity contribution is 7.88. The minimum Gasteiger partial charge on any atom is -0.316 e. The van der Waals surface area contributed by atoms with Crippen LogP contribution >= 0.6 is 0 Å². The van der Waals surface area contributed by atoms with Gasteiger partial charge in [0, 0.05) is 35.8 Å². The monoisotopic (exact) mass is 472 g/mol. The third kappa shape index (κ3) is 4.77. The Bertz CT molecular complexity index is 1320. The number of alkyl halides is 1. The zero-order valence-electron chi connectivity index (χ0n) is 18.5. The topological polar surface area (TPSA) is 68.2 Å². The van der Waals surface area contributed by atoms with Crippen LogP contribution in [0.5, 0.6) is 0 Å². The van der Waals surface area contributed by atoms with Gasteiger partial charge in [-0.1, -0.05) is 48.5 Å². The molecule has 3 atom stereocenters. The lowest BCUT2D eigenvalue weighted by atomic mass is 9.76. The molecule has 1 aliphatic carbocycles. The molecule has 1 heterocycles. The third-order valence-corrected chi connectivity index (χ3v) is 6.93. The van der Waals surface area contributed by atoms with Gasteiger partial charge >= 0.3 is 0 Å². The standard InChI is InChI=1S/C25H26F2N2O3S/c1-3-29-13-12-19-21(26)15-22(28-33(2,31)32)20(23(19)25(29)30)14-17-10-7-11-18(24(17)27)16-8-5-4-6-9-16/h4-13,20-22,28H,3,14-15H2,1-2H3. The van der Waals surface area contributed by atoms with Crippen LogP contribution in [0.25, 0.3) is 11.1 Å². The summed E-state index contributed by atoms with van der Waals surface area (Å²) >= 11 is 0. The van der Waals surface area contributed by atoms with Gasteiger partial charge in [0.2, 0.25) is 10.0 Å². The van der Waals surface area contributed by atoms with Gasteiger partial charge in [-0.3, -0.25) is 4.79 Å². The van der Waals surface area contributed by atoms with Crippen LogP contribution in [0.15, 0.2) is 65.6 Å². The Labute approximate surface area is 192 Å². The first-order valence-corrected chi connectivity index (χ1v) is 12.8. The van der Waals surface area contributed by atoms with Gasteiger partial charge < -0.3 is 4.57 Å². The number of fused-ring (bicyclic) bond motifs is 1. The molecule has 5 nitrogen and oxygen atoms in total. The number of sulfonamides is 1. The average molecular weight is 473 g/mol. The molecule has 0 spiro atoms. The smallest absolute Gasteiger partial charge is 0.254 e. The van der Waals surface area contributed by atoms with Crippen molar-refractivity contribution >= 4 is 10.0 Å². The first kappa shape index (κ1) is 23.3. The van der Waals surface area contributed by atoms with Crippen LogP contribution in [-0.4, -0.2) is 25.3 Å². The SMILES string of the molecule is CCn1ccc2c(c1=O)C(Cc1cccc(-c3ccccc3)c1F)C(NS(C)(=O)=O)CC2F. The van der Waals surface area contributed by atoms with Crippen molar-refractivity contribution in [3.8, 4) is 11.1 Å². The highest BCUT2D eigenvalue weighted by atomic mass is 32.2. The van der Waals surface area contributed by atoms with Crippen molar-refractivity contribution < 1.29 is 17.2 Å². The lowest BCUT2D eigenvalue weighted by Crippen LogP contribution is -2.45. The predicted molar refractivity (Wildman–Crippen MR) is 125 cm³/mol. The Morgan fingerprint density at radius 2 is 1.82 bits per heavy atom. The lowest BCUT2D eigenvalue weighted by Gasteiger charge is -2.35. The first-order valence-electron chi connectivity index (χ1n) is 10.9. The Kier molecular flexibility index (Phi) is 6.50. The molecule has 0 amide bonds. The number of aryl methyl sites for hydroxylation is 1. The molecule has 0 bridgehead atoms. The Balaban J connectivity index is 1.84. The number of hydrogen-bond donors (Lipinski definition) is 1. The number of aromatic nitrogens is 1. The number of halogens is 2. The molecule has 33 heavy (non-hydrogen) atoms. The van der Waals surface area contributed by atoms with Gasteiger partial charge in [0.15, 0.2) is 0 Å². The fourth-order valence-electron chi connectivity index (χ4n) is 4.68. The van der Waals surface area contributed by atoms with E-state index in [9.17, 15) is 13.2 Å². The van der Waals surface area contributed by atoms with Crippen LogP contribution < -0.4 is 10.3 Å². The van der Waals surface area contributed by atoms with E-state index in [1.807, 2.05) is 18.2 Å². The number of nitrogens with zero attached hydrogens (tertiary/aromatic N) is 1. The van der Waals surface area contributed by atoms with Gasteiger partial charge in [-0.2, -0.15) is 0 Å². The highest BCUT2D eigenvalue weighted by Gasteiger charge is 2.39. The summed E-state index contributed by atoms with van der Waals surface area (Å²) in [5, 5.41) is 0. The van der Waals surface area contributed by atoms with Crippen molar-refractivity contribution in [2.75, 3.05) is 6.26 Å². The van der Waals surface area contributed by atoms with Crippen molar-refractivity contribution in [3.63, 3.8) is 0 Å². The summed E-state index contributed by atoms with van der Waals surface area (Å²) < 4.78 is 58.6. The number of rotatable bonds is 6. The van der Waals surface area contributed by atoms with E-state index in [1.165, 1.54) is 4.57 Å². The second kappa shape index (κ2) is 9.19. The van der Waals surface area contributed by atoms with Gasteiger partial charge in [-0.05, 0) is 42.5 Å². The zero-order valence-corrected chi connectivity index (χ0v) is 19.3. The van der Waals surface area contributed by atoms with Crippen molar-refractivity contribution in [1.29, 1.82) is 0 Å². The van der Waals surface area contributed by atoms with Crippen LogP contribution in [-0.2, 0) is 23.0 Å². The van der Waals surface area contributed by atoms with E-state index in [0.29, 0.717) is 23.2 Å². The van der Waals surface area contributed by atoms with Crippen molar-refractivity contribution in [3.05, 3.63) is 93.7 Å². The van der Waals surface area contributed by atoms with E-state index in [2.05, 4.69) is 4.72 Å². The van der Waals surface area contributed by atoms with Crippen LogP contribution in [0, 0.1) is 5.82 Å². The summed E-state index contributed by atoms with van der Waals surface area (Å²) in [7, 11) is -3.68. The van der Waals surface area contributed by atoms with Crippen LogP contribution in [0.3, 0.4) is 0 Å². The van der Waals surface area contributed by atoms with E-state index in [0.717, 1.165) is 6.26 Å². The molecule has 174 valence electrons. The fourth-order valence-corrected chi connectivity index (χ4v) is 5.49. The van der Waals surface area contributed by atoms with Gasteiger partial charge in [-0.15, -0.1) is 0 Å². The minimum absolute atomic E-state index is 0.0579. The number of benzene rings is 2. The molecule has 0 saturated heterocycles. The average Bonchev–Trinajstić information content (AvgIpc) is 2.77. The largest absolute Gasteiger partial charge is 0.316 e. The maximum atomic E-state index is 15.6. The second-order valence-electron chi connectivity index (χ2n) is 8.43. The molecule has 1 aromatic heterocycles. The third-order valence-electron chi connectivity index (χ3n) is 6.20. The van der Waals surface area contributed by atoms with Crippen molar-refractivity contribution in [2.24, 2.45) is 0 Å². The van der Waals surface area contributed by atoms with Gasteiger partial charge in [0.25, 0.3) is 5.56 Å². The molecule has 4 rings (SSSR count). The molecule has 0 radical (unpaired) electrons. The van der Waals surface area contributed by atoms with Crippen LogP contribution in [0.2, 0.25) is 0 Å². The van der Waals surface area contributed by atoms with Gasteiger partial charge in [0.05, 0.1) is 6.26 Å². The Morgan fingerprint density at radius 3 is 2.48 bits per heavy atom. The summed E-state index contributed by atoms with van der Waals surface area (Å²) in [5.74, 6) is -1.15. The number of hydrogen-bond acceptors (Lipinski definition) is 3. The number of pyridine rings is 1. The van der Waals surface area contributed by atoms with Gasteiger partial charge in [0.1, 0.15) is 12.0 Å². The molecular weight excluding hydrogens is 446 g/mol. The van der Waals surface area contributed by atoms with E-state index < -0.39 is 34.0 Å². The van der Waals surface area contributed by atoms with E-state index in [1.54, 1.807) is 49.5 Å². The molecule has 8 heteroatoms. The molecule has 0 aliphatic heterocycles. The molecule has 2 aromatic carbocycles. The Morgan fingerprint density at radius 1 is 1.09 bits per heavy atom.